The molecule has 3 aliphatic rings. The molecule has 1 saturated carbocycles. The van der Waals surface area contributed by atoms with Gasteiger partial charge in [-0.3, -0.25) is 24.9 Å². The van der Waals surface area contributed by atoms with Crippen LogP contribution in [0, 0.1) is 16.0 Å². The lowest BCUT2D eigenvalue weighted by Crippen LogP contribution is -2.63. The molecule has 3 atom stereocenters. The van der Waals surface area contributed by atoms with Gasteiger partial charge in [-0.1, -0.05) is 28.1 Å². The molecule has 1 aromatic rings. The van der Waals surface area contributed by atoms with Crippen molar-refractivity contribution in [1.82, 2.24) is 15.1 Å². The van der Waals surface area contributed by atoms with Crippen molar-refractivity contribution in [1.29, 1.82) is 0 Å². The van der Waals surface area contributed by atoms with Crippen LogP contribution in [0.5, 0.6) is 0 Å². The van der Waals surface area contributed by atoms with E-state index in [0.29, 0.717) is 4.83 Å². The van der Waals surface area contributed by atoms with Gasteiger partial charge in [0.2, 0.25) is 6.54 Å². The zero-order valence-corrected chi connectivity index (χ0v) is 17.4. The highest BCUT2D eigenvalue weighted by molar-refractivity contribution is 9.09. The van der Waals surface area contributed by atoms with E-state index in [0.717, 1.165) is 11.5 Å². The quantitative estimate of drug-likeness (QED) is 0.322. The van der Waals surface area contributed by atoms with E-state index in [-0.39, 0.29) is 11.3 Å². The first-order valence-electron chi connectivity index (χ1n) is 9.26. The van der Waals surface area contributed by atoms with E-state index in [1.54, 1.807) is 0 Å². The fourth-order valence-electron chi connectivity index (χ4n) is 4.09. The van der Waals surface area contributed by atoms with Gasteiger partial charge in [0, 0.05) is 21.8 Å². The summed E-state index contributed by atoms with van der Waals surface area (Å²) in [5, 5.41) is 15.8. The Morgan fingerprint density at radius 3 is 2.63 bits per heavy atom. The fourth-order valence-corrected chi connectivity index (χ4v) is 4.40. The number of rotatable bonds is 4. The van der Waals surface area contributed by atoms with Crippen LogP contribution in [0.2, 0.25) is 0 Å². The molecule has 27 heavy (non-hydrogen) atoms. The molecule has 0 bridgehead atoms. The average Bonchev–Trinajstić information content (AvgIpc) is 3.03. The minimum Gasteiger partial charge on any atom is -0.364 e. The summed E-state index contributed by atoms with van der Waals surface area (Å²) in [5.41, 5.74) is 5.90. The predicted octanol–water partition coefficient (Wildman–Crippen LogP) is 2.88. The van der Waals surface area contributed by atoms with Gasteiger partial charge in [0.15, 0.2) is 0 Å². The van der Waals surface area contributed by atoms with Crippen molar-refractivity contribution in [3.8, 4) is 0 Å². The highest BCUT2D eigenvalue weighted by Crippen LogP contribution is 2.57. The molecule has 1 spiro atoms. The number of carbonyl (C=O) groups excluding carboxylic acids is 1. The van der Waals surface area contributed by atoms with Gasteiger partial charge in [0.05, 0.1) is 11.8 Å². The number of halogens is 1. The molecule has 1 amide bonds. The number of H-pyrrole nitrogens is 1. The van der Waals surface area contributed by atoms with Crippen LogP contribution in [0.3, 0.4) is 0 Å². The van der Waals surface area contributed by atoms with Crippen LogP contribution >= 0.6 is 15.9 Å². The number of nitrogens with zero attached hydrogens (tertiary/aromatic N) is 3. The van der Waals surface area contributed by atoms with Gasteiger partial charge in [-0.25, -0.2) is 0 Å². The van der Waals surface area contributed by atoms with Gasteiger partial charge in [0.1, 0.15) is 5.69 Å². The van der Waals surface area contributed by atoms with E-state index < -0.39 is 17.4 Å². The van der Waals surface area contributed by atoms with Gasteiger partial charge in [-0.15, -0.1) is 0 Å². The number of nitrogens with two attached hydrogens (primary N) is 1. The third-order valence-corrected chi connectivity index (χ3v) is 5.90. The Labute approximate surface area is 167 Å². The number of aromatic amines is 1. The second kappa shape index (κ2) is 9.45. The van der Waals surface area contributed by atoms with Gasteiger partial charge >= 0.3 is 0 Å². The Bertz CT molecular complexity index is 670. The monoisotopic (exact) mass is 441 g/mol. The molecule has 4 rings (SSSR count). The Kier molecular flexibility index (Phi) is 7.55. The summed E-state index contributed by atoms with van der Waals surface area (Å²) in [4.78, 5) is 23.3. The normalized spacial score (nSPS) is 26.3. The van der Waals surface area contributed by atoms with Crippen molar-refractivity contribution >= 4 is 21.8 Å². The minimum atomic E-state index is -0.746. The van der Waals surface area contributed by atoms with Crippen molar-refractivity contribution in [2.45, 2.75) is 56.4 Å². The number of primary amides is 1. The summed E-state index contributed by atoms with van der Waals surface area (Å²) in [6, 6.07) is 0. The zero-order valence-electron chi connectivity index (χ0n) is 15.9. The second-order valence-corrected chi connectivity index (χ2v) is 8.64. The first kappa shape index (κ1) is 21.6. The Morgan fingerprint density at radius 2 is 2.30 bits per heavy atom. The molecule has 3 unspecified atom stereocenters. The summed E-state index contributed by atoms with van der Waals surface area (Å²) in [5.74, 6) is 0.385. The standard InChI is InChI=1S/C8H13N.C5H9Br.C5H6N4O3/c1-3-8-4-6-9(8)5-2-7(1)8;1-3-4-5(2)6;6-5(10)4-3(1-7-8-4)2-9(11)12/h7H,1-6H2;3-5H,1-2H3;1H,2H2,(H2,6,10)(H,7,8)/b;4-3-;. The number of hydrogen-bond acceptors (Lipinski definition) is 5. The van der Waals surface area contributed by atoms with Crippen LogP contribution in [0.25, 0.3) is 0 Å². The molecule has 0 aromatic carbocycles. The maximum atomic E-state index is 10.6. The summed E-state index contributed by atoms with van der Waals surface area (Å²) in [6.45, 7) is 6.48. The van der Waals surface area contributed by atoms with E-state index >= 15 is 0 Å². The fraction of sp³-hybridized carbons (Fsp3) is 0.667. The minimum absolute atomic E-state index is 0.00769. The van der Waals surface area contributed by atoms with E-state index in [9.17, 15) is 14.9 Å². The number of amides is 1. The molecule has 150 valence electrons. The summed E-state index contributed by atoms with van der Waals surface area (Å²) in [6.07, 6.45) is 11.4. The van der Waals surface area contributed by atoms with E-state index in [1.807, 2.05) is 13.0 Å². The van der Waals surface area contributed by atoms with E-state index in [1.165, 1.54) is 45.0 Å². The number of allylic oxidation sites excluding steroid dienone is 2. The molecule has 2 aliphatic heterocycles. The first-order valence-corrected chi connectivity index (χ1v) is 10.2. The molecule has 3 heterocycles. The Balaban J connectivity index is 0.000000154. The third-order valence-electron chi connectivity index (χ3n) is 5.60. The maximum absolute atomic E-state index is 10.6. The van der Waals surface area contributed by atoms with Crippen molar-refractivity contribution in [3.63, 3.8) is 0 Å². The lowest BCUT2D eigenvalue weighted by Gasteiger charge is -2.58. The van der Waals surface area contributed by atoms with E-state index in [2.05, 4.69) is 44.0 Å². The van der Waals surface area contributed by atoms with E-state index in [4.69, 9.17) is 5.73 Å². The van der Waals surface area contributed by atoms with Crippen LogP contribution in [0.4, 0.5) is 0 Å². The molecule has 8 nitrogen and oxygen atoms in total. The first-order chi connectivity index (χ1) is 12.8. The smallest absolute Gasteiger partial charge is 0.267 e. The number of nitrogens with one attached hydrogen (secondary N) is 1. The van der Waals surface area contributed by atoms with Gasteiger partial charge in [0.25, 0.3) is 5.91 Å². The third kappa shape index (κ3) is 5.16. The number of nitro groups is 1. The molecule has 1 aliphatic carbocycles. The molecular weight excluding hydrogens is 414 g/mol. The molecule has 0 radical (unpaired) electrons. The maximum Gasteiger partial charge on any atom is 0.267 e. The zero-order chi connectivity index (χ0) is 20.0. The Hall–Kier alpha value is -1.74. The van der Waals surface area contributed by atoms with Crippen LogP contribution < -0.4 is 5.73 Å². The van der Waals surface area contributed by atoms with Crippen LogP contribution in [-0.2, 0) is 6.54 Å². The number of alkyl halides is 1. The average molecular weight is 442 g/mol. The molecule has 1 aromatic heterocycles. The molecule has 3 fully saturated rings. The topological polar surface area (TPSA) is 118 Å². The number of hydrogen-bond donors (Lipinski definition) is 2. The molecule has 3 N–H and O–H groups in total. The van der Waals surface area contributed by atoms with Crippen molar-refractivity contribution in [2.75, 3.05) is 13.1 Å². The number of carbonyl (C=O) groups is 1. The van der Waals surface area contributed by atoms with Gasteiger partial charge in [-0.05, 0) is 52.0 Å². The Morgan fingerprint density at radius 1 is 1.56 bits per heavy atom. The highest BCUT2D eigenvalue weighted by atomic mass is 79.9. The van der Waals surface area contributed by atoms with Crippen molar-refractivity contribution < 1.29 is 9.72 Å². The van der Waals surface area contributed by atoms with Crippen LogP contribution in [0.15, 0.2) is 18.3 Å². The lowest BCUT2D eigenvalue weighted by atomic mass is 9.62. The SMILES string of the molecule is C/C=C\C(C)Br.C1CN2CCC23CCC13.NC(=O)c1[nH]ncc1C[N+](=O)[O-]. The van der Waals surface area contributed by atoms with Gasteiger partial charge in [-0.2, -0.15) is 5.10 Å². The van der Waals surface area contributed by atoms with Crippen LogP contribution in [0.1, 0.15) is 55.6 Å². The summed E-state index contributed by atoms with van der Waals surface area (Å²) in [7, 11) is 0. The number of aromatic nitrogens is 2. The largest absolute Gasteiger partial charge is 0.364 e. The highest BCUT2D eigenvalue weighted by Gasteiger charge is 2.59. The predicted molar refractivity (Wildman–Crippen MR) is 107 cm³/mol. The van der Waals surface area contributed by atoms with Crippen LogP contribution in [-0.4, -0.2) is 49.4 Å². The second-order valence-electron chi connectivity index (χ2n) is 7.19. The lowest BCUT2D eigenvalue weighted by molar-refractivity contribution is -0.496. The molecular formula is C18H28BrN5O3. The van der Waals surface area contributed by atoms with Crippen molar-refractivity contribution in [2.24, 2.45) is 11.7 Å². The summed E-state index contributed by atoms with van der Waals surface area (Å²) >= 11 is 3.35. The van der Waals surface area contributed by atoms with Crippen molar-refractivity contribution in [3.05, 3.63) is 39.7 Å². The van der Waals surface area contributed by atoms with Gasteiger partial charge < -0.3 is 5.73 Å². The summed E-state index contributed by atoms with van der Waals surface area (Å²) < 4.78 is 0. The molecule has 9 heteroatoms. The molecule has 2 saturated heterocycles.